The Labute approximate surface area is 148 Å². The molecule has 0 fully saturated rings. The summed E-state index contributed by atoms with van der Waals surface area (Å²) in [5.41, 5.74) is 0.654. The van der Waals surface area contributed by atoms with Gasteiger partial charge in [-0.3, -0.25) is 0 Å². The minimum Gasteiger partial charge on any atom is -0.465 e. The maximum Gasteiger partial charge on any atom is 0.416 e. The molecule has 26 heavy (non-hydrogen) atoms. The van der Waals surface area contributed by atoms with E-state index >= 15 is 0 Å². The van der Waals surface area contributed by atoms with E-state index in [0.717, 1.165) is 17.7 Å². The van der Waals surface area contributed by atoms with Gasteiger partial charge in [-0.2, -0.15) is 13.2 Å². The van der Waals surface area contributed by atoms with Crippen LogP contribution in [0.4, 0.5) is 23.7 Å². The van der Waals surface area contributed by atoms with Gasteiger partial charge in [0.2, 0.25) is 0 Å². The van der Waals surface area contributed by atoms with Crippen molar-refractivity contribution >= 4 is 17.7 Å². The van der Waals surface area contributed by atoms with Crippen molar-refractivity contribution in [2.75, 3.05) is 19.5 Å². The molecular weight excluding hydrogens is 349 g/mol. The summed E-state index contributed by atoms with van der Waals surface area (Å²) < 4.78 is 42.2. The molecule has 2 aromatic rings. The quantitative estimate of drug-likeness (QED) is 0.827. The topological polar surface area (TPSA) is 58.6 Å². The van der Waals surface area contributed by atoms with Crippen molar-refractivity contribution in [3.8, 4) is 0 Å². The molecule has 2 rings (SSSR count). The van der Waals surface area contributed by atoms with E-state index < -0.39 is 23.7 Å². The Balaban J connectivity index is 1.96. The van der Waals surface area contributed by atoms with E-state index in [1.807, 2.05) is 0 Å². The average Bonchev–Trinajstić information content (AvgIpc) is 2.61. The number of ether oxygens (including phenoxy) is 1. The highest BCUT2D eigenvalue weighted by Crippen LogP contribution is 2.29. The molecule has 0 heterocycles. The fourth-order valence-corrected chi connectivity index (χ4v) is 2.17. The zero-order valence-electron chi connectivity index (χ0n) is 14.1. The Morgan fingerprint density at radius 2 is 1.62 bits per heavy atom. The normalized spacial score (nSPS) is 11.0. The van der Waals surface area contributed by atoms with Crippen LogP contribution in [0.15, 0.2) is 48.5 Å². The number of benzene rings is 2. The van der Waals surface area contributed by atoms with Crippen molar-refractivity contribution in [1.82, 2.24) is 4.90 Å². The second-order valence-corrected chi connectivity index (χ2v) is 5.55. The van der Waals surface area contributed by atoms with Crippen LogP contribution in [-0.4, -0.2) is 31.1 Å². The monoisotopic (exact) mass is 366 g/mol. The number of methoxy groups -OCH3 is 1. The number of nitrogens with zero attached hydrogens (tertiary/aromatic N) is 1. The summed E-state index contributed by atoms with van der Waals surface area (Å²) in [5.74, 6) is -0.454. The van der Waals surface area contributed by atoms with Gasteiger partial charge in [0.25, 0.3) is 0 Å². The van der Waals surface area contributed by atoms with Crippen LogP contribution in [0.2, 0.25) is 0 Å². The Bertz CT molecular complexity index is 772. The number of alkyl halides is 3. The number of hydrogen-bond acceptors (Lipinski definition) is 3. The summed E-state index contributed by atoms with van der Waals surface area (Å²) in [6, 6.07) is 10.3. The first-order valence-corrected chi connectivity index (χ1v) is 7.57. The molecule has 0 aliphatic heterocycles. The lowest BCUT2D eigenvalue weighted by Gasteiger charge is -2.18. The zero-order chi connectivity index (χ0) is 19.3. The third-order valence-corrected chi connectivity index (χ3v) is 3.60. The predicted molar refractivity (Wildman–Crippen MR) is 89.7 cm³/mol. The first-order valence-electron chi connectivity index (χ1n) is 7.57. The highest BCUT2D eigenvalue weighted by molar-refractivity contribution is 5.90. The lowest BCUT2D eigenvalue weighted by molar-refractivity contribution is -0.137. The lowest BCUT2D eigenvalue weighted by atomic mass is 10.1. The fraction of sp³-hybridized carbons (Fsp3) is 0.222. The van der Waals surface area contributed by atoms with Gasteiger partial charge in [0, 0.05) is 19.3 Å². The summed E-state index contributed by atoms with van der Waals surface area (Å²) in [5, 5.41) is 2.52. The minimum absolute atomic E-state index is 0.258. The predicted octanol–water partition coefficient (Wildman–Crippen LogP) is 4.16. The second-order valence-electron chi connectivity index (χ2n) is 5.55. The van der Waals surface area contributed by atoms with Gasteiger partial charge >= 0.3 is 18.2 Å². The van der Waals surface area contributed by atoms with Crippen LogP contribution in [0.25, 0.3) is 0 Å². The van der Waals surface area contributed by atoms with E-state index in [0.29, 0.717) is 5.56 Å². The van der Waals surface area contributed by atoms with E-state index in [1.165, 1.54) is 24.1 Å². The SMILES string of the molecule is COC(=O)c1ccc(CN(C)C(=O)Nc2ccc(C(F)(F)F)cc2)cc1. The molecule has 0 aliphatic carbocycles. The molecule has 0 saturated carbocycles. The number of rotatable bonds is 4. The minimum atomic E-state index is -4.42. The van der Waals surface area contributed by atoms with Gasteiger partial charge in [0.1, 0.15) is 0 Å². The summed E-state index contributed by atoms with van der Waals surface area (Å²) in [6.07, 6.45) is -4.42. The van der Waals surface area contributed by atoms with Gasteiger partial charge in [0.15, 0.2) is 0 Å². The Morgan fingerprint density at radius 1 is 1.04 bits per heavy atom. The van der Waals surface area contributed by atoms with Crippen molar-refractivity contribution in [2.24, 2.45) is 0 Å². The zero-order valence-corrected chi connectivity index (χ0v) is 14.1. The third-order valence-electron chi connectivity index (χ3n) is 3.60. The van der Waals surface area contributed by atoms with Crippen molar-refractivity contribution in [3.63, 3.8) is 0 Å². The van der Waals surface area contributed by atoms with Crippen LogP contribution >= 0.6 is 0 Å². The van der Waals surface area contributed by atoms with Gasteiger partial charge in [-0.05, 0) is 42.0 Å². The molecular formula is C18H17F3N2O3. The van der Waals surface area contributed by atoms with Gasteiger partial charge in [-0.25, -0.2) is 9.59 Å². The number of nitrogens with one attached hydrogen (secondary N) is 1. The Kier molecular flexibility index (Phi) is 5.86. The standard InChI is InChI=1S/C18H17F3N2O3/c1-23(11-12-3-5-13(6-4-12)16(24)26-2)17(25)22-15-9-7-14(8-10-15)18(19,20)21/h3-10H,11H2,1-2H3,(H,22,25). The maximum absolute atomic E-state index is 12.5. The molecule has 0 aliphatic rings. The van der Waals surface area contributed by atoms with Gasteiger partial charge in [0.05, 0.1) is 18.2 Å². The maximum atomic E-state index is 12.5. The number of urea groups is 1. The average molecular weight is 366 g/mol. The number of amides is 2. The van der Waals surface area contributed by atoms with E-state index in [1.54, 1.807) is 31.3 Å². The number of carbonyl (C=O) groups excluding carboxylic acids is 2. The highest BCUT2D eigenvalue weighted by atomic mass is 19.4. The van der Waals surface area contributed by atoms with Crippen LogP contribution in [0.5, 0.6) is 0 Å². The van der Waals surface area contributed by atoms with Crippen molar-refractivity contribution < 1.29 is 27.5 Å². The molecule has 0 unspecified atom stereocenters. The number of hydrogen-bond donors (Lipinski definition) is 1. The fourth-order valence-electron chi connectivity index (χ4n) is 2.17. The van der Waals surface area contributed by atoms with Crippen molar-refractivity contribution in [3.05, 3.63) is 65.2 Å². The molecule has 2 amide bonds. The van der Waals surface area contributed by atoms with E-state index in [-0.39, 0.29) is 12.2 Å². The van der Waals surface area contributed by atoms with Crippen LogP contribution < -0.4 is 5.32 Å². The lowest BCUT2D eigenvalue weighted by Crippen LogP contribution is -2.30. The summed E-state index contributed by atoms with van der Waals surface area (Å²) in [6.45, 7) is 0.258. The first-order chi connectivity index (χ1) is 12.2. The number of carbonyl (C=O) groups is 2. The number of anilines is 1. The van der Waals surface area contributed by atoms with Gasteiger partial charge < -0.3 is 15.0 Å². The molecule has 0 atom stereocenters. The molecule has 8 heteroatoms. The smallest absolute Gasteiger partial charge is 0.416 e. The van der Waals surface area contributed by atoms with Crippen LogP contribution in [0.1, 0.15) is 21.5 Å². The number of halogens is 3. The van der Waals surface area contributed by atoms with E-state index in [2.05, 4.69) is 10.1 Å². The second kappa shape index (κ2) is 7.90. The Morgan fingerprint density at radius 3 is 2.12 bits per heavy atom. The first kappa shape index (κ1) is 19.3. The van der Waals surface area contributed by atoms with Crippen molar-refractivity contribution in [1.29, 1.82) is 0 Å². The number of esters is 1. The van der Waals surface area contributed by atoms with E-state index in [4.69, 9.17) is 0 Å². The van der Waals surface area contributed by atoms with Crippen LogP contribution in [-0.2, 0) is 17.5 Å². The third kappa shape index (κ3) is 4.98. The van der Waals surface area contributed by atoms with Gasteiger partial charge in [-0.15, -0.1) is 0 Å². The molecule has 5 nitrogen and oxygen atoms in total. The van der Waals surface area contributed by atoms with Crippen LogP contribution in [0.3, 0.4) is 0 Å². The largest absolute Gasteiger partial charge is 0.465 e. The van der Waals surface area contributed by atoms with Gasteiger partial charge in [-0.1, -0.05) is 12.1 Å². The summed E-state index contributed by atoms with van der Waals surface area (Å²) in [7, 11) is 2.84. The summed E-state index contributed by atoms with van der Waals surface area (Å²) in [4.78, 5) is 24.9. The molecule has 0 spiro atoms. The molecule has 1 N–H and O–H groups in total. The molecule has 0 aromatic heterocycles. The Hall–Kier alpha value is -3.03. The molecule has 138 valence electrons. The van der Waals surface area contributed by atoms with E-state index in [9.17, 15) is 22.8 Å². The highest BCUT2D eigenvalue weighted by Gasteiger charge is 2.30. The molecule has 0 saturated heterocycles. The van der Waals surface area contributed by atoms with Crippen molar-refractivity contribution in [2.45, 2.75) is 12.7 Å². The molecule has 0 radical (unpaired) electrons. The molecule has 0 bridgehead atoms. The van der Waals surface area contributed by atoms with Crippen LogP contribution in [0, 0.1) is 0 Å². The molecule has 2 aromatic carbocycles. The summed E-state index contributed by atoms with van der Waals surface area (Å²) >= 11 is 0.